The van der Waals surface area contributed by atoms with Crippen LogP contribution in [0.2, 0.25) is 0 Å². The smallest absolute Gasteiger partial charge is 0.323 e. The average molecular weight is 479 g/mol. The van der Waals surface area contributed by atoms with Gasteiger partial charge in [-0.25, -0.2) is 9.78 Å². The number of hydrogen-bond acceptors (Lipinski definition) is 8. The second-order valence-electron chi connectivity index (χ2n) is 8.08. The SMILES string of the molecule is COc1cc(NC(=O)Nc2ccc(Nc3nc(C)cc(N4CCCC4)n3)cc2)cc(OC)c1OC. The van der Waals surface area contributed by atoms with Crippen LogP contribution in [0.25, 0.3) is 0 Å². The number of benzene rings is 2. The molecule has 0 atom stereocenters. The number of aromatic nitrogens is 2. The van der Waals surface area contributed by atoms with Crippen molar-refractivity contribution in [3.63, 3.8) is 0 Å². The van der Waals surface area contributed by atoms with E-state index >= 15 is 0 Å². The molecule has 2 amide bonds. The van der Waals surface area contributed by atoms with Crippen LogP contribution in [-0.2, 0) is 0 Å². The zero-order valence-corrected chi connectivity index (χ0v) is 20.3. The van der Waals surface area contributed by atoms with Gasteiger partial charge in [-0.1, -0.05) is 0 Å². The number of anilines is 5. The van der Waals surface area contributed by atoms with Gasteiger partial charge >= 0.3 is 6.03 Å². The van der Waals surface area contributed by atoms with Crippen LogP contribution < -0.4 is 35.1 Å². The zero-order chi connectivity index (χ0) is 24.8. The third kappa shape index (κ3) is 5.84. The molecule has 4 rings (SSSR count). The lowest BCUT2D eigenvalue weighted by Crippen LogP contribution is -2.20. The molecule has 0 bridgehead atoms. The van der Waals surface area contributed by atoms with Crippen LogP contribution >= 0.6 is 0 Å². The van der Waals surface area contributed by atoms with Crippen molar-refractivity contribution in [2.75, 3.05) is 55.3 Å². The molecule has 0 saturated carbocycles. The molecule has 2 heterocycles. The van der Waals surface area contributed by atoms with Crippen molar-refractivity contribution >= 4 is 34.9 Å². The molecule has 0 radical (unpaired) electrons. The number of carbonyl (C=O) groups excluding carboxylic acids is 1. The third-order valence-corrected chi connectivity index (χ3v) is 5.59. The first-order valence-electron chi connectivity index (χ1n) is 11.3. The topological polar surface area (TPSA) is 110 Å². The van der Waals surface area contributed by atoms with Gasteiger partial charge in [-0.15, -0.1) is 0 Å². The fraction of sp³-hybridized carbons (Fsp3) is 0.320. The predicted molar refractivity (Wildman–Crippen MR) is 137 cm³/mol. The summed E-state index contributed by atoms with van der Waals surface area (Å²) in [6, 6.07) is 12.2. The molecule has 10 heteroatoms. The molecule has 184 valence electrons. The fourth-order valence-corrected chi connectivity index (χ4v) is 3.93. The maximum absolute atomic E-state index is 12.5. The quantitative estimate of drug-likeness (QED) is 0.424. The molecule has 0 aliphatic carbocycles. The highest BCUT2D eigenvalue weighted by atomic mass is 16.5. The van der Waals surface area contributed by atoms with Crippen molar-refractivity contribution in [1.82, 2.24) is 9.97 Å². The Morgan fingerprint density at radius 3 is 2.03 bits per heavy atom. The number of ether oxygens (including phenoxy) is 3. The molecule has 0 unspecified atom stereocenters. The molecular formula is C25H30N6O4. The molecule has 10 nitrogen and oxygen atoms in total. The molecule has 1 aromatic heterocycles. The van der Waals surface area contributed by atoms with Gasteiger partial charge in [-0.05, 0) is 44.0 Å². The Kier molecular flexibility index (Phi) is 7.39. The summed E-state index contributed by atoms with van der Waals surface area (Å²) in [5.74, 6) is 2.84. The van der Waals surface area contributed by atoms with Crippen LogP contribution in [0.3, 0.4) is 0 Å². The summed E-state index contributed by atoms with van der Waals surface area (Å²) in [6.45, 7) is 4.01. The Morgan fingerprint density at radius 2 is 1.43 bits per heavy atom. The molecule has 35 heavy (non-hydrogen) atoms. The summed E-state index contributed by atoms with van der Waals surface area (Å²) in [4.78, 5) is 24.0. The van der Waals surface area contributed by atoms with Crippen LogP contribution in [0, 0.1) is 6.92 Å². The lowest BCUT2D eigenvalue weighted by molar-refractivity contribution is 0.262. The molecule has 3 aromatic rings. The van der Waals surface area contributed by atoms with Crippen LogP contribution in [0.15, 0.2) is 42.5 Å². The summed E-state index contributed by atoms with van der Waals surface area (Å²) in [5.41, 5.74) is 2.86. The lowest BCUT2D eigenvalue weighted by atomic mass is 10.2. The lowest BCUT2D eigenvalue weighted by Gasteiger charge is -2.17. The van der Waals surface area contributed by atoms with E-state index in [0.717, 1.165) is 30.3 Å². The first-order chi connectivity index (χ1) is 17.0. The Bertz CT molecular complexity index is 1150. The number of aryl methyl sites for hydroxylation is 1. The van der Waals surface area contributed by atoms with Gasteiger partial charge in [-0.2, -0.15) is 4.98 Å². The van der Waals surface area contributed by atoms with E-state index in [1.165, 1.54) is 34.2 Å². The number of rotatable bonds is 8. The van der Waals surface area contributed by atoms with Crippen molar-refractivity contribution in [3.8, 4) is 17.2 Å². The Morgan fingerprint density at radius 1 is 0.829 bits per heavy atom. The summed E-state index contributed by atoms with van der Waals surface area (Å²) in [7, 11) is 4.56. The molecule has 3 N–H and O–H groups in total. The van der Waals surface area contributed by atoms with E-state index in [-0.39, 0.29) is 0 Å². The van der Waals surface area contributed by atoms with Crippen LogP contribution in [0.4, 0.5) is 33.6 Å². The van der Waals surface area contributed by atoms with Gasteiger partial charge in [0.15, 0.2) is 11.5 Å². The maximum atomic E-state index is 12.5. The molecule has 1 saturated heterocycles. The Labute approximate surface area is 204 Å². The minimum Gasteiger partial charge on any atom is -0.493 e. The van der Waals surface area contributed by atoms with E-state index in [1.807, 2.05) is 25.1 Å². The average Bonchev–Trinajstić information content (AvgIpc) is 3.39. The molecule has 1 aliphatic heterocycles. The second kappa shape index (κ2) is 10.8. The number of hydrogen-bond donors (Lipinski definition) is 3. The molecular weight excluding hydrogens is 448 g/mol. The first kappa shape index (κ1) is 23.9. The monoisotopic (exact) mass is 478 g/mol. The Balaban J connectivity index is 1.39. The number of nitrogens with zero attached hydrogens (tertiary/aromatic N) is 3. The van der Waals surface area contributed by atoms with E-state index in [2.05, 4.69) is 30.8 Å². The van der Waals surface area contributed by atoms with Gasteiger partial charge in [0.25, 0.3) is 0 Å². The van der Waals surface area contributed by atoms with E-state index in [4.69, 9.17) is 14.2 Å². The first-order valence-corrected chi connectivity index (χ1v) is 11.3. The van der Waals surface area contributed by atoms with Crippen molar-refractivity contribution in [1.29, 1.82) is 0 Å². The van der Waals surface area contributed by atoms with Crippen molar-refractivity contribution in [2.24, 2.45) is 0 Å². The predicted octanol–water partition coefficient (Wildman–Crippen LogP) is 4.80. The molecule has 1 fully saturated rings. The molecule has 1 aliphatic rings. The zero-order valence-electron chi connectivity index (χ0n) is 20.3. The van der Waals surface area contributed by atoms with E-state index in [0.29, 0.717) is 34.6 Å². The van der Waals surface area contributed by atoms with Crippen molar-refractivity contribution < 1.29 is 19.0 Å². The van der Waals surface area contributed by atoms with Gasteiger partial charge in [-0.3, -0.25) is 0 Å². The summed E-state index contributed by atoms with van der Waals surface area (Å²) in [6.07, 6.45) is 2.38. The summed E-state index contributed by atoms with van der Waals surface area (Å²) < 4.78 is 16.0. The van der Waals surface area contributed by atoms with Crippen LogP contribution in [0.1, 0.15) is 18.5 Å². The number of nitrogens with one attached hydrogen (secondary N) is 3. The standard InChI is InChI=1S/C25H30N6O4/c1-16-13-22(31-11-5-6-12-31)30-24(26-16)27-17-7-9-18(10-8-17)28-25(32)29-19-14-20(33-2)23(35-4)21(15-19)34-3/h7-10,13-15H,5-6,11-12H2,1-4H3,(H,26,27,30)(H2,28,29,32). The van der Waals surface area contributed by atoms with Crippen LogP contribution in [0.5, 0.6) is 17.2 Å². The highest BCUT2D eigenvalue weighted by Crippen LogP contribution is 2.40. The second-order valence-corrected chi connectivity index (χ2v) is 8.08. The van der Waals surface area contributed by atoms with E-state index in [9.17, 15) is 4.79 Å². The van der Waals surface area contributed by atoms with Crippen molar-refractivity contribution in [2.45, 2.75) is 19.8 Å². The largest absolute Gasteiger partial charge is 0.493 e. The number of urea groups is 1. The number of methoxy groups -OCH3 is 3. The highest BCUT2D eigenvalue weighted by molar-refractivity contribution is 6.00. The van der Waals surface area contributed by atoms with E-state index < -0.39 is 6.03 Å². The fourth-order valence-electron chi connectivity index (χ4n) is 3.93. The summed E-state index contributed by atoms with van der Waals surface area (Å²) >= 11 is 0. The minimum absolute atomic E-state index is 0.405. The Hall–Kier alpha value is -4.21. The molecule has 0 spiro atoms. The van der Waals surface area contributed by atoms with Gasteiger partial charge in [0.1, 0.15) is 5.82 Å². The van der Waals surface area contributed by atoms with Gasteiger partial charge in [0.2, 0.25) is 11.7 Å². The highest BCUT2D eigenvalue weighted by Gasteiger charge is 2.16. The maximum Gasteiger partial charge on any atom is 0.323 e. The summed E-state index contributed by atoms with van der Waals surface area (Å²) in [5, 5.41) is 8.84. The third-order valence-electron chi connectivity index (χ3n) is 5.59. The van der Waals surface area contributed by atoms with E-state index in [1.54, 1.807) is 24.3 Å². The van der Waals surface area contributed by atoms with Gasteiger partial charge in [0.05, 0.1) is 27.0 Å². The van der Waals surface area contributed by atoms with Crippen LogP contribution in [-0.4, -0.2) is 50.4 Å². The number of amides is 2. The molecule has 2 aromatic carbocycles. The van der Waals surface area contributed by atoms with Gasteiger partial charge in [0, 0.05) is 48.4 Å². The number of carbonyl (C=O) groups is 1. The minimum atomic E-state index is -0.405. The normalized spacial score (nSPS) is 12.7. The van der Waals surface area contributed by atoms with Gasteiger partial charge < -0.3 is 35.1 Å². The van der Waals surface area contributed by atoms with Crippen molar-refractivity contribution in [3.05, 3.63) is 48.2 Å².